The number of amides is 3. The van der Waals surface area contributed by atoms with Crippen LogP contribution in [-0.2, 0) is 14.8 Å². The number of rotatable bonds is 8. The molecule has 196 valence electrons. The molecule has 0 bridgehead atoms. The summed E-state index contributed by atoms with van der Waals surface area (Å²) in [5.74, 6) is -1.58. The number of benzene rings is 2. The molecule has 2 saturated heterocycles. The van der Waals surface area contributed by atoms with Crippen LogP contribution in [0.4, 0.5) is 14.9 Å². The molecular weight excluding hydrogens is 519 g/mol. The van der Waals surface area contributed by atoms with Crippen LogP contribution >= 0.6 is 11.8 Å². The molecule has 0 aliphatic carbocycles. The standard InChI is InChI=1S/C25H27FN4O5S2/c1-28(2)37(34,35)18-9-10-21(29-12-5-6-13-29)19(16-18)23(31)27-11-14-30-24(32)22(36-25(30)33)15-17-7-3-4-8-20(17)26/h3-4,7-10,15-16H,5-6,11-14H2,1-2H3,(H,27,31)/b22-15-. The summed E-state index contributed by atoms with van der Waals surface area (Å²) in [5.41, 5.74) is 1.04. The molecule has 4 rings (SSSR count). The Morgan fingerprint density at radius 2 is 1.84 bits per heavy atom. The first-order valence-corrected chi connectivity index (χ1v) is 13.9. The molecule has 2 aromatic carbocycles. The minimum Gasteiger partial charge on any atom is -0.371 e. The lowest BCUT2D eigenvalue weighted by Gasteiger charge is -2.22. The molecule has 0 saturated carbocycles. The number of nitrogens with zero attached hydrogens (tertiary/aromatic N) is 3. The van der Waals surface area contributed by atoms with Gasteiger partial charge in [-0.25, -0.2) is 17.1 Å². The molecule has 2 aromatic rings. The third-order valence-electron chi connectivity index (χ3n) is 6.12. The molecule has 2 aliphatic rings. The fraction of sp³-hybridized carbons (Fsp3) is 0.320. The van der Waals surface area contributed by atoms with E-state index in [4.69, 9.17) is 0 Å². The lowest BCUT2D eigenvalue weighted by Crippen LogP contribution is -2.37. The maximum atomic E-state index is 14.0. The molecule has 0 aromatic heterocycles. The van der Waals surface area contributed by atoms with E-state index in [2.05, 4.69) is 5.32 Å². The van der Waals surface area contributed by atoms with Crippen LogP contribution in [0.3, 0.4) is 0 Å². The monoisotopic (exact) mass is 546 g/mol. The summed E-state index contributed by atoms with van der Waals surface area (Å²) in [6.45, 7) is 1.39. The van der Waals surface area contributed by atoms with Gasteiger partial charge in [0.25, 0.3) is 17.1 Å². The normalized spacial score (nSPS) is 17.4. The molecule has 3 amide bonds. The number of hydrogen-bond acceptors (Lipinski definition) is 7. The maximum absolute atomic E-state index is 14.0. The Morgan fingerprint density at radius 1 is 1.14 bits per heavy atom. The number of carbonyl (C=O) groups excluding carboxylic acids is 3. The molecule has 12 heteroatoms. The lowest BCUT2D eigenvalue weighted by molar-refractivity contribution is -0.122. The summed E-state index contributed by atoms with van der Waals surface area (Å²) in [7, 11) is -0.921. The van der Waals surface area contributed by atoms with Crippen molar-refractivity contribution in [1.82, 2.24) is 14.5 Å². The van der Waals surface area contributed by atoms with Gasteiger partial charge in [0, 0.05) is 51.5 Å². The predicted molar refractivity (Wildman–Crippen MR) is 140 cm³/mol. The van der Waals surface area contributed by atoms with Crippen LogP contribution in [0.25, 0.3) is 6.08 Å². The summed E-state index contributed by atoms with van der Waals surface area (Å²) in [5, 5.41) is 2.19. The average Bonchev–Trinajstić information content (AvgIpc) is 3.49. The van der Waals surface area contributed by atoms with Crippen LogP contribution in [-0.4, -0.2) is 75.0 Å². The highest BCUT2D eigenvalue weighted by Crippen LogP contribution is 2.32. The topological polar surface area (TPSA) is 107 Å². The second kappa shape index (κ2) is 11.0. The van der Waals surface area contributed by atoms with Crippen molar-refractivity contribution in [2.45, 2.75) is 17.7 Å². The van der Waals surface area contributed by atoms with Crippen LogP contribution in [0.2, 0.25) is 0 Å². The van der Waals surface area contributed by atoms with Crippen molar-refractivity contribution in [2.24, 2.45) is 0 Å². The van der Waals surface area contributed by atoms with Gasteiger partial charge in [-0.3, -0.25) is 19.3 Å². The van der Waals surface area contributed by atoms with E-state index >= 15 is 0 Å². The maximum Gasteiger partial charge on any atom is 0.293 e. The van der Waals surface area contributed by atoms with Crippen LogP contribution < -0.4 is 10.2 Å². The van der Waals surface area contributed by atoms with Crippen molar-refractivity contribution < 1.29 is 27.2 Å². The molecule has 2 heterocycles. The molecule has 0 spiro atoms. The number of sulfonamides is 1. The van der Waals surface area contributed by atoms with E-state index in [-0.39, 0.29) is 34.0 Å². The Bertz CT molecular complexity index is 1370. The predicted octanol–water partition coefficient (Wildman–Crippen LogP) is 3.14. The largest absolute Gasteiger partial charge is 0.371 e. The summed E-state index contributed by atoms with van der Waals surface area (Å²) in [6.07, 6.45) is 3.27. The Balaban J connectivity index is 1.48. The third-order valence-corrected chi connectivity index (χ3v) is 8.84. The van der Waals surface area contributed by atoms with E-state index < -0.39 is 32.9 Å². The van der Waals surface area contributed by atoms with Crippen molar-refractivity contribution in [3.8, 4) is 0 Å². The van der Waals surface area contributed by atoms with Gasteiger partial charge in [0.05, 0.1) is 15.4 Å². The minimum absolute atomic E-state index is 0.00480. The number of nitrogens with one attached hydrogen (secondary N) is 1. The molecule has 37 heavy (non-hydrogen) atoms. The lowest BCUT2D eigenvalue weighted by atomic mass is 10.1. The molecule has 0 unspecified atom stereocenters. The second-order valence-electron chi connectivity index (χ2n) is 8.77. The number of hydrogen-bond donors (Lipinski definition) is 1. The molecule has 0 radical (unpaired) electrons. The first kappa shape index (κ1) is 26.8. The molecule has 0 atom stereocenters. The van der Waals surface area contributed by atoms with Gasteiger partial charge in [0.2, 0.25) is 10.0 Å². The van der Waals surface area contributed by atoms with E-state index in [1.165, 1.54) is 50.5 Å². The fourth-order valence-electron chi connectivity index (χ4n) is 4.10. The molecule has 2 fully saturated rings. The van der Waals surface area contributed by atoms with Crippen molar-refractivity contribution in [1.29, 1.82) is 0 Å². The minimum atomic E-state index is -3.75. The summed E-state index contributed by atoms with van der Waals surface area (Å²) in [4.78, 5) is 41.4. The summed E-state index contributed by atoms with van der Waals surface area (Å²) < 4.78 is 40.3. The first-order chi connectivity index (χ1) is 17.6. The second-order valence-corrected chi connectivity index (χ2v) is 11.9. The zero-order chi connectivity index (χ0) is 26.7. The quantitative estimate of drug-likeness (QED) is 0.507. The van der Waals surface area contributed by atoms with Crippen molar-refractivity contribution >= 4 is 50.6 Å². The molecule has 2 aliphatic heterocycles. The van der Waals surface area contributed by atoms with Gasteiger partial charge in [-0.05, 0) is 54.9 Å². The van der Waals surface area contributed by atoms with Crippen LogP contribution in [0.15, 0.2) is 52.3 Å². The molecule has 1 N–H and O–H groups in total. The Hall–Kier alpha value is -3.22. The van der Waals surface area contributed by atoms with E-state index in [0.717, 1.165) is 35.1 Å². The smallest absolute Gasteiger partial charge is 0.293 e. The Kier molecular flexibility index (Phi) is 8.00. The van der Waals surface area contributed by atoms with Crippen molar-refractivity contribution in [2.75, 3.05) is 45.2 Å². The summed E-state index contributed by atoms with van der Waals surface area (Å²) in [6, 6.07) is 10.4. The Labute approximate surface area is 219 Å². The molecular formula is C25H27FN4O5S2. The van der Waals surface area contributed by atoms with Gasteiger partial charge < -0.3 is 10.2 Å². The van der Waals surface area contributed by atoms with Gasteiger partial charge in [-0.1, -0.05) is 18.2 Å². The summed E-state index contributed by atoms with van der Waals surface area (Å²) >= 11 is 0.708. The molecule has 9 nitrogen and oxygen atoms in total. The zero-order valence-electron chi connectivity index (χ0n) is 20.4. The van der Waals surface area contributed by atoms with Crippen LogP contribution in [0.5, 0.6) is 0 Å². The van der Waals surface area contributed by atoms with E-state index in [1.807, 2.05) is 4.90 Å². The van der Waals surface area contributed by atoms with Crippen molar-refractivity contribution in [3.05, 3.63) is 64.3 Å². The highest BCUT2D eigenvalue weighted by molar-refractivity contribution is 8.18. The fourth-order valence-corrected chi connectivity index (χ4v) is 5.89. The van der Waals surface area contributed by atoms with Gasteiger partial charge in [-0.2, -0.15) is 0 Å². The van der Waals surface area contributed by atoms with Crippen molar-refractivity contribution in [3.63, 3.8) is 0 Å². The third kappa shape index (κ3) is 5.71. The zero-order valence-corrected chi connectivity index (χ0v) is 22.1. The number of thioether (sulfide) groups is 1. The Morgan fingerprint density at radius 3 is 2.51 bits per heavy atom. The van der Waals surface area contributed by atoms with Gasteiger partial charge in [0.1, 0.15) is 5.82 Å². The van der Waals surface area contributed by atoms with E-state index in [1.54, 1.807) is 12.1 Å². The van der Waals surface area contributed by atoms with Gasteiger partial charge in [0.15, 0.2) is 0 Å². The SMILES string of the molecule is CN(C)S(=O)(=O)c1ccc(N2CCCC2)c(C(=O)NCCN2C(=O)S/C(=C\c3ccccc3F)C2=O)c1. The first-order valence-electron chi connectivity index (χ1n) is 11.7. The highest BCUT2D eigenvalue weighted by atomic mass is 32.2. The van der Waals surface area contributed by atoms with Gasteiger partial charge >= 0.3 is 0 Å². The van der Waals surface area contributed by atoms with E-state index in [0.29, 0.717) is 17.4 Å². The number of carbonyl (C=O) groups is 3. The average molecular weight is 547 g/mol. The van der Waals surface area contributed by atoms with Gasteiger partial charge in [-0.15, -0.1) is 0 Å². The van der Waals surface area contributed by atoms with Crippen LogP contribution in [0.1, 0.15) is 28.8 Å². The number of anilines is 1. The highest BCUT2D eigenvalue weighted by Gasteiger charge is 2.35. The number of imide groups is 1. The van der Waals surface area contributed by atoms with Crippen LogP contribution in [0, 0.1) is 5.82 Å². The van der Waals surface area contributed by atoms with E-state index in [9.17, 15) is 27.2 Å². The number of halogens is 1.